The van der Waals surface area contributed by atoms with E-state index in [0.29, 0.717) is 5.75 Å². The van der Waals surface area contributed by atoms with Gasteiger partial charge >= 0.3 is 0 Å². The molecule has 0 spiro atoms. The van der Waals surface area contributed by atoms with Gasteiger partial charge in [-0.25, -0.2) is 0 Å². The number of ether oxygens (including phenoxy) is 3. The summed E-state index contributed by atoms with van der Waals surface area (Å²) in [6, 6.07) is 3.82. The molecule has 0 amide bonds. The zero-order chi connectivity index (χ0) is 11.1. The maximum absolute atomic E-state index is 9.97. The van der Waals surface area contributed by atoms with Gasteiger partial charge < -0.3 is 19.3 Å². The lowest BCUT2D eigenvalue weighted by atomic mass is 10.0. The minimum Gasteiger partial charge on any atom is -0.504 e. The summed E-state index contributed by atoms with van der Waals surface area (Å²) >= 11 is 0. The molecular formula is C12H14O4. The van der Waals surface area contributed by atoms with Gasteiger partial charge in [-0.2, -0.15) is 0 Å². The quantitative estimate of drug-likeness (QED) is 0.783. The lowest BCUT2D eigenvalue weighted by molar-refractivity contribution is 0.363. The van der Waals surface area contributed by atoms with Gasteiger partial charge in [-0.1, -0.05) is 0 Å². The molecule has 1 aromatic rings. The predicted octanol–water partition coefficient (Wildman–Crippen LogP) is 1.41. The highest BCUT2D eigenvalue weighted by molar-refractivity contribution is 5.50. The Morgan fingerprint density at radius 2 is 2.12 bits per heavy atom. The molecule has 4 heteroatoms. The van der Waals surface area contributed by atoms with Crippen LogP contribution < -0.4 is 4.74 Å². The lowest BCUT2D eigenvalue weighted by Gasteiger charge is -2.10. The van der Waals surface area contributed by atoms with Crippen molar-refractivity contribution >= 4 is 0 Å². The van der Waals surface area contributed by atoms with E-state index in [9.17, 15) is 5.11 Å². The van der Waals surface area contributed by atoms with Crippen LogP contribution in [0.5, 0.6) is 11.5 Å². The maximum Gasteiger partial charge on any atom is 0.161 e. The molecule has 1 aromatic carbocycles. The van der Waals surface area contributed by atoms with E-state index in [2.05, 4.69) is 0 Å². The Balaban J connectivity index is 1.95. The number of rotatable bonds is 4. The van der Waals surface area contributed by atoms with Crippen molar-refractivity contribution in [2.75, 3.05) is 20.3 Å². The highest BCUT2D eigenvalue weighted by Gasteiger charge is 2.29. The average molecular weight is 222 g/mol. The Hall–Kier alpha value is -1.26. The Labute approximate surface area is 93.7 Å². The molecule has 4 nitrogen and oxygen atoms in total. The fraction of sp³-hybridized carbons (Fsp3) is 0.500. The summed E-state index contributed by atoms with van der Waals surface area (Å²) < 4.78 is 15.6. The van der Waals surface area contributed by atoms with Crippen molar-refractivity contribution in [2.24, 2.45) is 0 Å². The van der Waals surface area contributed by atoms with E-state index in [4.69, 9.17) is 14.2 Å². The van der Waals surface area contributed by atoms with Crippen molar-refractivity contribution in [3.8, 4) is 11.5 Å². The average Bonchev–Trinajstić information content (AvgIpc) is 3.14. The molecule has 3 rings (SSSR count). The number of benzene rings is 1. The van der Waals surface area contributed by atoms with E-state index >= 15 is 0 Å². The second-order valence-electron chi connectivity index (χ2n) is 4.21. The molecule has 2 atom stereocenters. The van der Waals surface area contributed by atoms with Gasteiger partial charge in [0.15, 0.2) is 11.5 Å². The third-order valence-corrected chi connectivity index (χ3v) is 2.95. The monoisotopic (exact) mass is 222 g/mol. The molecule has 0 aliphatic carbocycles. The smallest absolute Gasteiger partial charge is 0.161 e. The molecule has 0 saturated carbocycles. The first-order valence-corrected chi connectivity index (χ1v) is 5.41. The normalized spacial score (nSPS) is 26.6. The fourth-order valence-corrected chi connectivity index (χ4v) is 1.86. The molecule has 86 valence electrons. The summed E-state index contributed by atoms with van der Waals surface area (Å²) in [6.07, 6.45) is 1.17. The molecule has 1 N–H and O–H groups in total. The van der Waals surface area contributed by atoms with Crippen molar-refractivity contribution in [3.63, 3.8) is 0 Å². The first-order valence-electron chi connectivity index (χ1n) is 5.41. The number of phenolic OH excluding ortho intramolecular Hbond substituents is 1. The third kappa shape index (κ3) is 1.86. The molecule has 0 radical (unpaired) electrons. The highest BCUT2D eigenvalue weighted by Crippen LogP contribution is 2.39. The van der Waals surface area contributed by atoms with Crippen LogP contribution in [0, 0.1) is 0 Å². The summed E-state index contributed by atoms with van der Waals surface area (Å²) in [6.45, 7) is 1.54. The van der Waals surface area contributed by atoms with E-state index in [1.807, 2.05) is 12.1 Å². The Morgan fingerprint density at radius 3 is 2.69 bits per heavy atom. The van der Waals surface area contributed by atoms with Gasteiger partial charge in [0.2, 0.25) is 0 Å². The van der Waals surface area contributed by atoms with Crippen LogP contribution in [-0.2, 0) is 15.9 Å². The number of aromatic hydroxyl groups is 1. The zero-order valence-electron chi connectivity index (χ0n) is 9.10. The molecule has 0 aromatic heterocycles. The van der Waals surface area contributed by atoms with Crippen molar-refractivity contribution in [3.05, 3.63) is 23.3 Å². The van der Waals surface area contributed by atoms with Crippen molar-refractivity contribution in [2.45, 2.75) is 18.6 Å². The zero-order valence-corrected chi connectivity index (χ0v) is 9.10. The second kappa shape index (κ2) is 3.64. The summed E-state index contributed by atoms with van der Waals surface area (Å²) in [4.78, 5) is 0. The summed E-state index contributed by atoms with van der Waals surface area (Å²) in [5, 5.41) is 9.97. The SMILES string of the molecule is COc1cc(C2CO2)cc(CC2CO2)c1O. The van der Waals surface area contributed by atoms with Crippen molar-refractivity contribution in [1.82, 2.24) is 0 Å². The van der Waals surface area contributed by atoms with Crippen molar-refractivity contribution < 1.29 is 19.3 Å². The Morgan fingerprint density at radius 1 is 1.38 bits per heavy atom. The molecule has 2 saturated heterocycles. The highest BCUT2D eigenvalue weighted by atomic mass is 16.6. The molecule has 2 aliphatic heterocycles. The van der Waals surface area contributed by atoms with E-state index in [1.54, 1.807) is 7.11 Å². The number of epoxide rings is 2. The van der Waals surface area contributed by atoms with Crippen LogP contribution in [0.4, 0.5) is 0 Å². The summed E-state index contributed by atoms with van der Waals surface area (Å²) in [5.74, 6) is 0.742. The first kappa shape index (κ1) is 9.93. The van der Waals surface area contributed by atoms with E-state index in [0.717, 1.165) is 30.8 Å². The molecule has 0 bridgehead atoms. The molecule has 2 aliphatic rings. The number of hydrogen-bond donors (Lipinski definition) is 1. The summed E-state index contributed by atoms with van der Waals surface area (Å²) in [5.41, 5.74) is 1.96. The largest absolute Gasteiger partial charge is 0.504 e. The van der Waals surface area contributed by atoms with Gasteiger partial charge in [-0.05, 0) is 17.7 Å². The molecule has 2 fully saturated rings. The van der Waals surface area contributed by atoms with Crippen LogP contribution in [0.1, 0.15) is 17.2 Å². The van der Waals surface area contributed by atoms with Gasteiger partial charge in [0.05, 0.1) is 26.4 Å². The van der Waals surface area contributed by atoms with E-state index in [1.165, 1.54) is 0 Å². The molecule has 2 unspecified atom stereocenters. The van der Waals surface area contributed by atoms with Crippen LogP contribution in [0.25, 0.3) is 0 Å². The van der Waals surface area contributed by atoms with Crippen molar-refractivity contribution in [1.29, 1.82) is 0 Å². The molecular weight excluding hydrogens is 208 g/mol. The first-order chi connectivity index (χ1) is 7.78. The predicted molar refractivity (Wildman–Crippen MR) is 56.8 cm³/mol. The van der Waals surface area contributed by atoms with Crippen LogP contribution in [0.15, 0.2) is 12.1 Å². The van der Waals surface area contributed by atoms with Crippen LogP contribution in [-0.4, -0.2) is 31.5 Å². The Kier molecular flexibility index (Phi) is 2.26. The van der Waals surface area contributed by atoms with Crippen LogP contribution in [0.2, 0.25) is 0 Å². The van der Waals surface area contributed by atoms with Gasteiger partial charge in [-0.3, -0.25) is 0 Å². The van der Waals surface area contributed by atoms with Crippen LogP contribution in [0.3, 0.4) is 0 Å². The second-order valence-corrected chi connectivity index (χ2v) is 4.21. The summed E-state index contributed by atoms with van der Waals surface area (Å²) in [7, 11) is 1.56. The number of hydrogen-bond acceptors (Lipinski definition) is 4. The lowest BCUT2D eigenvalue weighted by Crippen LogP contribution is -1.97. The maximum atomic E-state index is 9.97. The van der Waals surface area contributed by atoms with E-state index in [-0.39, 0.29) is 18.0 Å². The third-order valence-electron chi connectivity index (χ3n) is 2.95. The fourth-order valence-electron chi connectivity index (χ4n) is 1.86. The molecule has 16 heavy (non-hydrogen) atoms. The van der Waals surface area contributed by atoms with E-state index < -0.39 is 0 Å². The molecule has 2 heterocycles. The van der Waals surface area contributed by atoms with Crippen LogP contribution >= 0.6 is 0 Å². The standard InChI is InChI=1S/C12H14O4/c1-14-10-4-7(11-6-16-11)2-8(12(10)13)3-9-5-15-9/h2,4,9,11,13H,3,5-6H2,1H3. The number of methoxy groups -OCH3 is 1. The minimum atomic E-state index is 0.174. The topological polar surface area (TPSA) is 54.5 Å². The van der Waals surface area contributed by atoms with Gasteiger partial charge in [-0.15, -0.1) is 0 Å². The number of phenols is 1. The minimum absolute atomic E-state index is 0.174. The Bertz CT molecular complexity index is 408. The van der Waals surface area contributed by atoms with Gasteiger partial charge in [0, 0.05) is 12.0 Å². The van der Waals surface area contributed by atoms with Gasteiger partial charge in [0.1, 0.15) is 6.10 Å². The van der Waals surface area contributed by atoms with Gasteiger partial charge in [0.25, 0.3) is 0 Å².